The molecule has 3 unspecified atom stereocenters. The van der Waals surface area contributed by atoms with Gasteiger partial charge >= 0.3 is 0 Å². The fourth-order valence-corrected chi connectivity index (χ4v) is 3.48. The molecule has 0 saturated heterocycles. The van der Waals surface area contributed by atoms with Crippen molar-refractivity contribution < 1.29 is 9.47 Å². The summed E-state index contributed by atoms with van der Waals surface area (Å²) in [6.07, 6.45) is 4.49. The number of methoxy groups -OCH3 is 2. The number of nitrogens with one attached hydrogen (secondary N) is 1. The van der Waals surface area contributed by atoms with E-state index in [4.69, 9.17) is 15.3 Å². The van der Waals surface area contributed by atoms with Crippen molar-refractivity contribution >= 4 is 0 Å². The van der Waals surface area contributed by atoms with Crippen LogP contribution >= 0.6 is 0 Å². The number of rotatable bonds is 5. The average molecular weight is 278 g/mol. The Morgan fingerprint density at radius 3 is 2.80 bits per heavy atom. The van der Waals surface area contributed by atoms with Crippen LogP contribution in [0.4, 0.5) is 0 Å². The summed E-state index contributed by atoms with van der Waals surface area (Å²) in [6.45, 7) is 2.28. The van der Waals surface area contributed by atoms with Gasteiger partial charge in [0.15, 0.2) is 0 Å². The molecule has 3 N–H and O–H groups in total. The molecule has 1 aromatic carbocycles. The van der Waals surface area contributed by atoms with E-state index in [1.54, 1.807) is 14.2 Å². The van der Waals surface area contributed by atoms with E-state index in [-0.39, 0.29) is 11.6 Å². The number of hydrogen-bond donors (Lipinski definition) is 2. The molecule has 0 amide bonds. The molecule has 0 spiro atoms. The molecule has 112 valence electrons. The summed E-state index contributed by atoms with van der Waals surface area (Å²) in [7, 11) is 3.47. The van der Waals surface area contributed by atoms with Gasteiger partial charge in [-0.15, -0.1) is 0 Å². The third-order valence-corrected chi connectivity index (χ3v) is 4.52. The molecule has 0 bridgehead atoms. The molecule has 4 nitrogen and oxygen atoms in total. The molecule has 0 aromatic heterocycles. The lowest BCUT2D eigenvalue weighted by molar-refractivity contribution is -0.0806. The van der Waals surface area contributed by atoms with Crippen molar-refractivity contribution in [2.45, 2.75) is 44.2 Å². The highest BCUT2D eigenvalue weighted by Gasteiger charge is 2.42. The van der Waals surface area contributed by atoms with Crippen molar-refractivity contribution in [3.05, 3.63) is 29.8 Å². The highest BCUT2D eigenvalue weighted by molar-refractivity contribution is 5.32. The van der Waals surface area contributed by atoms with E-state index in [9.17, 15) is 0 Å². The van der Waals surface area contributed by atoms with Gasteiger partial charge in [-0.2, -0.15) is 0 Å². The summed E-state index contributed by atoms with van der Waals surface area (Å²) >= 11 is 0. The normalized spacial score (nSPS) is 28.1. The molecule has 4 heteroatoms. The van der Waals surface area contributed by atoms with E-state index in [0.29, 0.717) is 5.92 Å². The first-order valence-electron chi connectivity index (χ1n) is 7.30. The van der Waals surface area contributed by atoms with Gasteiger partial charge in [-0.3, -0.25) is 11.3 Å². The van der Waals surface area contributed by atoms with Gasteiger partial charge in [-0.05, 0) is 36.5 Å². The predicted molar refractivity (Wildman–Crippen MR) is 80.4 cm³/mol. The van der Waals surface area contributed by atoms with E-state index in [1.807, 2.05) is 18.2 Å². The molecule has 1 fully saturated rings. The lowest BCUT2D eigenvalue weighted by Gasteiger charge is -2.44. The lowest BCUT2D eigenvalue weighted by atomic mass is 9.73. The molecule has 1 aliphatic rings. The van der Waals surface area contributed by atoms with E-state index in [2.05, 4.69) is 18.4 Å². The van der Waals surface area contributed by atoms with Gasteiger partial charge in [0.25, 0.3) is 0 Å². The maximum atomic E-state index is 5.95. The first kappa shape index (κ1) is 15.3. The smallest absolute Gasteiger partial charge is 0.119 e. The standard InChI is InChI=1S/C16H26N2O2/c1-12-6-5-9-16(11-12,20-3)15(18-17)13-7-4-8-14(10-13)19-2/h4,7-8,10,12,15,18H,5-6,9,11,17H2,1-3H3. The first-order valence-corrected chi connectivity index (χ1v) is 7.30. The van der Waals surface area contributed by atoms with Crippen LogP contribution in [0.1, 0.15) is 44.2 Å². The number of nitrogens with two attached hydrogens (primary N) is 1. The maximum Gasteiger partial charge on any atom is 0.119 e. The summed E-state index contributed by atoms with van der Waals surface area (Å²) in [4.78, 5) is 0. The zero-order chi connectivity index (χ0) is 14.6. The van der Waals surface area contributed by atoms with Gasteiger partial charge in [-0.1, -0.05) is 31.9 Å². The molecule has 20 heavy (non-hydrogen) atoms. The molecule has 2 rings (SSSR count). The number of ether oxygens (including phenoxy) is 2. The Balaban J connectivity index is 2.33. The zero-order valence-electron chi connectivity index (χ0n) is 12.7. The van der Waals surface area contributed by atoms with Gasteiger partial charge in [0.1, 0.15) is 5.75 Å². The molecule has 1 aromatic rings. The van der Waals surface area contributed by atoms with Crippen molar-refractivity contribution in [3.63, 3.8) is 0 Å². The summed E-state index contributed by atoms with van der Waals surface area (Å²) in [5, 5.41) is 0. The Labute approximate surface area is 121 Å². The van der Waals surface area contributed by atoms with Crippen LogP contribution in [-0.2, 0) is 4.74 Å². The fraction of sp³-hybridized carbons (Fsp3) is 0.625. The minimum Gasteiger partial charge on any atom is -0.497 e. The van der Waals surface area contributed by atoms with Gasteiger partial charge in [0.05, 0.1) is 18.8 Å². The Kier molecular flexibility index (Phi) is 5.02. The molecule has 0 aliphatic heterocycles. The van der Waals surface area contributed by atoms with Crippen LogP contribution in [0.5, 0.6) is 5.75 Å². The Hall–Kier alpha value is -1.10. The SMILES string of the molecule is COc1cccc(C(NN)C2(OC)CCCC(C)C2)c1. The summed E-state index contributed by atoms with van der Waals surface area (Å²) in [5.74, 6) is 7.37. The largest absolute Gasteiger partial charge is 0.497 e. The van der Waals surface area contributed by atoms with Crippen molar-refractivity contribution in [2.75, 3.05) is 14.2 Å². The molecular weight excluding hydrogens is 252 g/mol. The van der Waals surface area contributed by atoms with Crippen LogP contribution < -0.4 is 16.0 Å². The summed E-state index contributed by atoms with van der Waals surface area (Å²) < 4.78 is 11.3. The van der Waals surface area contributed by atoms with Crippen LogP contribution in [-0.4, -0.2) is 19.8 Å². The molecule has 0 heterocycles. The lowest BCUT2D eigenvalue weighted by Crippen LogP contribution is -2.50. The Morgan fingerprint density at radius 2 is 2.20 bits per heavy atom. The van der Waals surface area contributed by atoms with Gasteiger partial charge in [0.2, 0.25) is 0 Å². The second-order valence-corrected chi connectivity index (χ2v) is 5.85. The second kappa shape index (κ2) is 6.57. The van der Waals surface area contributed by atoms with Crippen LogP contribution in [0.2, 0.25) is 0 Å². The number of hydrogen-bond acceptors (Lipinski definition) is 4. The van der Waals surface area contributed by atoms with Crippen molar-refractivity contribution in [1.82, 2.24) is 5.43 Å². The van der Waals surface area contributed by atoms with Gasteiger partial charge < -0.3 is 9.47 Å². The van der Waals surface area contributed by atoms with Crippen LogP contribution in [0, 0.1) is 5.92 Å². The van der Waals surface area contributed by atoms with Crippen molar-refractivity contribution in [2.24, 2.45) is 11.8 Å². The summed E-state index contributed by atoms with van der Waals surface area (Å²) in [5.41, 5.74) is 3.85. The molecule has 0 radical (unpaired) electrons. The minimum atomic E-state index is -0.237. The van der Waals surface area contributed by atoms with Crippen LogP contribution in [0.3, 0.4) is 0 Å². The molecule has 3 atom stereocenters. The van der Waals surface area contributed by atoms with E-state index in [1.165, 1.54) is 12.8 Å². The fourth-order valence-electron chi connectivity index (χ4n) is 3.48. The Bertz CT molecular complexity index is 438. The van der Waals surface area contributed by atoms with E-state index >= 15 is 0 Å². The zero-order valence-corrected chi connectivity index (χ0v) is 12.7. The average Bonchev–Trinajstić information content (AvgIpc) is 2.48. The van der Waals surface area contributed by atoms with E-state index in [0.717, 1.165) is 24.2 Å². The molecular formula is C16H26N2O2. The highest BCUT2D eigenvalue weighted by Crippen LogP contribution is 2.43. The number of hydrazine groups is 1. The second-order valence-electron chi connectivity index (χ2n) is 5.85. The third kappa shape index (κ3) is 2.97. The van der Waals surface area contributed by atoms with Crippen molar-refractivity contribution in [1.29, 1.82) is 0 Å². The quantitative estimate of drug-likeness (QED) is 0.642. The first-order chi connectivity index (χ1) is 9.65. The predicted octanol–water partition coefficient (Wildman–Crippen LogP) is 2.79. The number of benzene rings is 1. The molecule has 1 saturated carbocycles. The van der Waals surface area contributed by atoms with E-state index < -0.39 is 0 Å². The van der Waals surface area contributed by atoms with Crippen LogP contribution in [0.15, 0.2) is 24.3 Å². The minimum absolute atomic E-state index is 0.0228. The third-order valence-electron chi connectivity index (χ3n) is 4.52. The summed E-state index contributed by atoms with van der Waals surface area (Å²) in [6, 6.07) is 8.02. The Morgan fingerprint density at radius 1 is 1.40 bits per heavy atom. The van der Waals surface area contributed by atoms with Gasteiger partial charge in [-0.25, -0.2) is 0 Å². The highest BCUT2D eigenvalue weighted by atomic mass is 16.5. The molecule has 1 aliphatic carbocycles. The topological polar surface area (TPSA) is 56.5 Å². The van der Waals surface area contributed by atoms with Gasteiger partial charge in [0, 0.05) is 7.11 Å². The van der Waals surface area contributed by atoms with Crippen molar-refractivity contribution in [3.8, 4) is 5.75 Å². The van der Waals surface area contributed by atoms with Crippen LogP contribution in [0.25, 0.3) is 0 Å². The maximum absolute atomic E-state index is 5.95. The monoisotopic (exact) mass is 278 g/mol.